The highest BCUT2D eigenvalue weighted by atomic mass is 32.2. The Labute approximate surface area is 95.7 Å². The minimum absolute atomic E-state index is 0.119. The lowest BCUT2D eigenvalue weighted by molar-refractivity contribution is -0.107. The highest BCUT2D eigenvalue weighted by molar-refractivity contribution is 7.89. The molecule has 1 aliphatic heterocycles. The highest BCUT2D eigenvalue weighted by Gasteiger charge is 2.39. The molecule has 0 aliphatic carbocycles. The third kappa shape index (κ3) is 4.04. The summed E-state index contributed by atoms with van der Waals surface area (Å²) in [6.45, 7) is -0.728. The summed E-state index contributed by atoms with van der Waals surface area (Å²) in [5.41, 5.74) is 0. The van der Waals surface area contributed by atoms with Crippen LogP contribution in [-0.4, -0.2) is 66.9 Å². The van der Waals surface area contributed by atoms with E-state index in [0.29, 0.717) is 4.31 Å². The van der Waals surface area contributed by atoms with Crippen LogP contribution in [0.25, 0.3) is 0 Å². The van der Waals surface area contributed by atoms with Crippen molar-refractivity contribution in [3.05, 3.63) is 0 Å². The monoisotopic (exact) mass is 276 g/mol. The SMILES string of the molecule is O=C(O)N1CCN(S(=O)(=O)CC(F)(F)F)CC1. The molecule has 0 aromatic rings. The molecule has 1 fully saturated rings. The van der Waals surface area contributed by atoms with Crippen molar-refractivity contribution in [3.8, 4) is 0 Å². The summed E-state index contributed by atoms with van der Waals surface area (Å²) in [5.74, 6) is -1.91. The van der Waals surface area contributed by atoms with E-state index in [0.717, 1.165) is 4.90 Å². The average Bonchev–Trinajstić information content (AvgIpc) is 2.14. The molecular formula is C7H11F3N2O4S. The molecule has 1 rings (SSSR count). The lowest BCUT2D eigenvalue weighted by Gasteiger charge is -2.32. The summed E-state index contributed by atoms with van der Waals surface area (Å²) in [6, 6.07) is 0. The van der Waals surface area contributed by atoms with Crippen molar-refractivity contribution in [1.82, 2.24) is 9.21 Å². The van der Waals surface area contributed by atoms with Crippen molar-refractivity contribution < 1.29 is 31.5 Å². The second-order valence-corrected chi connectivity index (χ2v) is 5.51. The molecule has 1 aliphatic rings. The molecule has 0 radical (unpaired) electrons. The second kappa shape index (κ2) is 4.69. The van der Waals surface area contributed by atoms with E-state index in [-0.39, 0.29) is 26.2 Å². The molecule has 6 nitrogen and oxygen atoms in total. The molecule has 0 saturated carbocycles. The second-order valence-electron chi connectivity index (χ2n) is 3.54. The molecule has 0 bridgehead atoms. The van der Waals surface area contributed by atoms with Crippen molar-refractivity contribution in [1.29, 1.82) is 0 Å². The normalized spacial score (nSPS) is 19.4. The average molecular weight is 276 g/mol. The third-order valence-corrected chi connectivity index (χ3v) is 4.09. The van der Waals surface area contributed by atoms with Crippen LogP contribution in [0.15, 0.2) is 0 Å². The zero-order chi connectivity index (χ0) is 13.3. The molecule has 17 heavy (non-hydrogen) atoms. The Morgan fingerprint density at radius 2 is 1.65 bits per heavy atom. The van der Waals surface area contributed by atoms with Crippen LogP contribution in [0.3, 0.4) is 0 Å². The topological polar surface area (TPSA) is 77.9 Å². The number of rotatable bonds is 2. The van der Waals surface area contributed by atoms with Gasteiger partial charge in [-0.15, -0.1) is 0 Å². The number of sulfonamides is 1. The minimum Gasteiger partial charge on any atom is -0.465 e. The lowest BCUT2D eigenvalue weighted by atomic mass is 10.4. The van der Waals surface area contributed by atoms with Crippen molar-refractivity contribution in [2.75, 3.05) is 31.9 Å². The van der Waals surface area contributed by atoms with Gasteiger partial charge in [-0.3, -0.25) is 0 Å². The van der Waals surface area contributed by atoms with Crippen LogP contribution >= 0.6 is 0 Å². The molecular weight excluding hydrogens is 265 g/mol. The molecule has 0 unspecified atom stereocenters. The van der Waals surface area contributed by atoms with Gasteiger partial charge in [0.05, 0.1) is 0 Å². The summed E-state index contributed by atoms with van der Waals surface area (Å²) in [6.07, 6.45) is -6.00. The zero-order valence-corrected chi connectivity index (χ0v) is 9.46. The first-order chi connectivity index (χ1) is 7.62. The largest absolute Gasteiger partial charge is 0.465 e. The number of carbonyl (C=O) groups is 1. The van der Waals surface area contributed by atoms with Gasteiger partial charge in [0.1, 0.15) is 0 Å². The zero-order valence-electron chi connectivity index (χ0n) is 8.64. The van der Waals surface area contributed by atoms with Crippen molar-refractivity contribution >= 4 is 16.1 Å². The Bertz CT molecular complexity index is 386. The smallest absolute Gasteiger partial charge is 0.407 e. The number of nitrogens with zero attached hydrogens (tertiary/aromatic N) is 2. The van der Waals surface area contributed by atoms with E-state index in [2.05, 4.69) is 0 Å². The first-order valence-electron chi connectivity index (χ1n) is 4.64. The van der Waals surface area contributed by atoms with Gasteiger partial charge in [-0.05, 0) is 0 Å². The van der Waals surface area contributed by atoms with E-state index in [1.165, 1.54) is 0 Å². The van der Waals surface area contributed by atoms with Gasteiger partial charge < -0.3 is 10.0 Å². The molecule has 0 spiro atoms. The summed E-state index contributed by atoms with van der Waals surface area (Å²) in [4.78, 5) is 11.5. The maximum absolute atomic E-state index is 12.0. The van der Waals surface area contributed by atoms with Gasteiger partial charge in [0.25, 0.3) is 0 Å². The third-order valence-electron chi connectivity index (χ3n) is 2.25. The van der Waals surface area contributed by atoms with Gasteiger partial charge in [-0.25, -0.2) is 13.2 Å². The van der Waals surface area contributed by atoms with Gasteiger partial charge >= 0.3 is 12.3 Å². The Hall–Kier alpha value is -1.03. The predicted octanol–water partition coefficient (Wildman–Crippen LogP) is 0.174. The van der Waals surface area contributed by atoms with Crippen LogP contribution in [0, 0.1) is 0 Å². The van der Waals surface area contributed by atoms with Crippen molar-refractivity contribution in [3.63, 3.8) is 0 Å². The molecule has 10 heteroatoms. The van der Waals surface area contributed by atoms with Gasteiger partial charge in [-0.2, -0.15) is 17.5 Å². The Kier molecular flexibility index (Phi) is 3.87. The van der Waals surface area contributed by atoms with Gasteiger partial charge in [-0.1, -0.05) is 0 Å². The maximum Gasteiger partial charge on any atom is 0.407 e. The Balaban J connectivity index is 2.62. The molecule has 0 atom stereocenters. The van der Waals surface area contributed by atoms with Crippen LogP contribution in [0.5, 0.6) is 0 Å². The van der Waals surface area contributed by atoms with E-state index in [4.69, 9.17) is 5.11 Å². The van der Waals surface area contributed by atoms with E-state index in [1.54, 1.807) is 0 Å². The van der Waals surface area contributed by atoms with Crippen molar-refractivity contribution in [2.45, 2.75) is 6.18 Å². The van der Waals surface area contributed by atoms with E-state index in [1.807, 2.05) is 0 Å². The molecule has 0 aromatic heterocycles. The number of hydrogen-bond donors (Lipinski definition) is 1. The Morgan fingerprint density at radius 3 is 2.00 bits per heavy atom. The van der Waals surface area contributed by atoms with Crippen LogP contribution in [0.2, 0.25) is 0 Å². The fraction of sp³-hybridized carbons (Fsp3) is 0.857. The maximum atomic E-state index is 12.0. The number of hydrogen-bond acceptors (Lipinski definition) is 3. The quantitative estimate of drug-likeness (QED) is 0.780. The van der Waals surface area contributed by atoms with Crippen LogP contribution in [-0.2, 0) is 10.0 Å². The number of carboxylic acid groups (broad SMARTS) is 1. The summed E-state index contributed by atoms with van der Waals surface area (Å²) >= 11 is 0. The van der Waals surface area contributed by atoms with E-state index < -0.39 is 28.0 Å². The van der Waals surface area contributed by atoms with Crippen molar-refractivity contribution in [2.24, 2.45) is 0 Å². The van der Waals surface area contributed by atoms with Gasteiger partial charge in [0.2, 0.25) is 10.0 Å². The Morgan fingerprint density at radius 1 is 1.18 bits per heavy atom. The van der Waals surface area contributed by atoms with Gasteiger partial charge in [0.15, 0.2) is 5.75 Å². The number of halogens is 3. The summed E-state index contributed by atoms with van der Waals surface area (Å²) < 4.78 is 59.3. The van der Waals surface area contributed by atoms with Crippen LogP contribution in [0.4, 0.5) is 18.0 Å². The van der Waals surface area contributed by atoms with E-state index >= 15 is 0 Å². The van der Waals surface area contributed by atoms with Gasteiger partial charge in [0, 0.05) is 26.2 Å². The molecule has 100 valence electrons. The fourth-order valence-corrected chi connectivity index (χ4v) is 2.77. The number of amides is 1. The van der Waals surface area contributed by atoms with E-state index in [9.17, 15) is 26.4 Å². The minimum atomic E-state index is -4.79. The standard InChI is InChI=1S/C7H11F3N2O4S/c8-7(9,10)5-17(15,16)12-3-1-11(2-4-12)6(13)14/h1-5H2,(H,13,14). The first kappa shape index (κ1) is 14.0. The summed E-state index contributed by atoms with van der Waals surface area (Å²) in [7, 11) is -4.40. The fourth-order valence-electron chi connectivity index (χ4n) is 1.46. The molecule has 1 saturated heterocycles. The first-order valence-corrected chi connectivity index (χ1v) is 6.25. The number of alkyl halides is 3. The summed E-state index contributed by atoms with van der Waals surface area (Å²) in [5, 5.41) is 8.59. The van der Waals surface area contributed by atoms with Crippen LogP contribution < -0.4 is 0 Å². The van der Waals surface area contributed by atoms with Crippen LogP contribution in [0.1, 0.15) is 0 Å². The molecule has 1 N–H and O–H groups in total. The predicted molar refractivity (Wildman–Crippen MR) is 51.0 cm³/mol. The number of piperazine rings is 1. The lowest BCUT2D eigenvalue weighted by Crippen LogP contribution is -2.51. The molecule has 1 amide bonds. The molecule has 0 aromatic carbocycles. The molecule has 1 heterocycles. The highest BCUT2D eigenvalue weighted by Crippen LogP contribution is 2.20.